The second-order valence-electron chi connectivity index (χ2n) is 5.01. The van der Waals surface area contributed by atoms with Gasteiger partial charge in [0.1, 0.15) is 17.0 Å². The summed E-state index contributed by atoms with van der Waals surface area (Å²) in [7, 11) is 1.63. The minimum absolute atomic E-state index is 0.149. The number of hydrogen-bond donors (Lipinski definition) is 0. The molecule has 3 rings (SSSR count). The van der Waals surface area contributed by atoms with Crippen molar-refractivity contribution in [2.75, 3.05) is 7.11 Å². The van der Waals surface area contributed by atoms with Gasteiger partial charge in [0.05, 0.1) is 7.11 Å². The van der Waals surface area contributed by atoms with Crippen molar-refractivity contribution in [1.29, 1.82) is 0 Å². The Bertz CT molecular complexity index is 871. The molecule has 0 atom stereocenters. The van der Waals surface area contributed by atoms with Crippen LogP contribution in [0.15, 0.2) is 47.4 Å². The van der Waals surface area contributed by atoms with Gasteiger partial charge in [0, 0.05) is 23.7 Å². The lowest BCUT2D eigenvalue weighted by Crippen LogP contribution is -2.24. The molecule has 0 fully saturated rings. The van der Waals surface area contributed by atoms with Crippen LogP contribution in [-0.4, -0.2) is 21.9 Å². The minimum atomic E-state index is -0.149. The lowest BCUT2D eigenvalue weighted by molar-refractivity contribution is 0.415. The fraction of sp³-hybridized carbons (Fsp3) is 0.235. The van der Waals surface area contributed by atoms with E-state index in [9.17, 15) is 4.79 Å². The van der Waals surface area contributed by atoms with E-state index in [-0.39, 0.29) is 5.56 Å². The largest absolute Gasteiger partial charge is 0.497 e. The summed E-state index contributed by atoms with van der Waals surface area (Å²) in [5.41, 5.74) is 1.95. The van der Waals surface area contributed by atoms with E-state index in [1.807, 2.05) is 43.3 Å². The van der Waals surface area contributed by atoms with E-state index in [2.05, 4.69) is 10.1 Å². The highest BCUT2D eigenvalue weighted by atomic mass is 16.5. The summed E-state index contributed by atoms with van der Waals surface area (Å²) >= 11 is 0. The molecule has 0 spiro atoms. The molecule has 112 valence electrons. The van der Waals surface area contributed by atoms with Crippen LogP contribution in [-0.2, 0) is 6.54 Å². The molecule has 2 aromatic heterocycles. The number of benzene rings is 1. The Morgan fingerprint density at radius 2 is 2.09 bits per heavy atom. The van der Waals surface area contributed by atoms with Crippen LogP contribution in [0.1, 0.15) is 13.3 Å². The van der Waals surface area contributed by atoms with Gasteiger partial charge in [-0.15, -0.1) is 0 Å². The number of pyridine rings is 1. The zero-order chi connectivity index (χ0) is 15.5. The van der Waals surface area contributed by atoms with Gasteiger partial charge in [0.2, 0.25) is 0 Å². The van der Waals surface area contributed by atoms with E-state index >= 15 is 0 Å². The summed E-state index contributed by atoms with van der Waals surface area (Å²) in [6.45, 7) is 2.59. The van der Waals surface area contributed by atoms with Gasteiger partial charge in [-0.25, -0.2) is 4.68 Å². The van der Waals surface area contributed by atoms with Crippen LogP contribution >= 0.6 is 0 Å². The highest BCUT2D eigenvalue weighted by molar-refractivity contribution is 5.91. The van der Waals surface area contributed by atoms with Gasteiger partial charge in [-0.2, -0.15) is 5.10 Å². The quantitative estimate of drug-likeness (QED) is 0.742. The van der Waals surface area contributed by atoms with Crippen molar-refractivity contribution in [1.82, 2.24) is 14.8 Å². The number of methoxy groups -OCH3 is 1. The Kier molecular flexibility index (Phi) is 3.87. The van der Waals surface area contributed by atoms with E-state index in [0.29, 0.717) is 12.1 Å². The molecule has 0 N–H and O–H groups in total. The fourth-order valence-corrected chi connectivity index (χ4v) is 2.46. The highest BCUT2D eigenvalue weighted by Crippen LogP contribution is 2.26. The molecule has 5 heteroatoms. The van der Waals surface area contributed by atoms with Crippen LogP contribution < -0.4 is 10.3 Å². The van der Waals surface area contributed by atoms with Crippen LogP contribution in [0.3, 0.4) is 0 Å². The van der Waals surface area contributed by atoms with Crippen LogP contribution in [0.2, 0.25) is 0 Å². The van der Waals surface area contributed by atoms with Gasteiger partial charge in [0.25, 0.3) is 5.56 Å². The van der Waals surface area contributed by atoms with Crippen LogP contribution in [0, 0.1) is 0 Å². The van der Waals surface area contributed by atoms with Gasteiger partial charge in [-0.05, 0) is 30.7 Å². The second kappa shape index (κ2) is 5.97. The zero-order valence-corrected chi connectivity index (χ0v) is 12.6. The van der Waals surface area contributed by atoms with E-state index in [0.717, 1.165) is 28.8 Å². The number of hydrogen-bond acceptors (Lipinski definition) is 4. The molecule has 5 nitrogen and oxygen atoms in total. The number of aromatic nitrogens is 3. The first-order valence-electron chi connectivity index (χ1n) is 7.25. The molecule has 2 heterocycles. The molecule has 0 amide bonds. The molecule has 1 aromatic carbocycles. The van der Waals surface area contributed by atoms with E-state index in [1.54, 1.807) is 13.3 Å². The Hall–Kier alpha value is -2.69. The summed E-state index contributed by atoms with van der Waals surface area (Å²) < 4.78 is 6.77. The normalized spacial score (nSPS) is 10.8. The van der Waals surface area contributed by atoms with Crippen LogP contribution in [0.25, 0.3) is 22.2 Å². The molecular weight excluding hydrogens is 278 g/mol. The van der Waals surface area contributed by atoms with Crippen LogP contribution in [0.5, 0.6) is 5.75 Å². The number of aryl methyl sites for hydroxylation is 1. The van der Waals surface area contributed by atoms with E-state index in [4.69, 9.17) is 4.74 Å². The number of fused-ring (bicyclic) bond motifs is 1. The summed E-state index contributed by atoms with van der Waals surface area (Å²) in [4.78, 5) is 16.7. The first-order valence-corrected chi connectivity index (χ1v) is 7.25. The lowest BCUT2D eigenvalue weighted by atomic mass is 10.1. The van der Waals surface area contributed by atoms with E-state index < -0.39 is 0 Å². The van der Waals surface area contributed by atoms with Crippen molar-refractivity contribution in [3.63, 3.8) is 0 Å². The average molecular weight is 295 g/mol. The SMILES string of the molecule is CCCn1nc(-c2cccc(OC)c2)c2cccnc2c1=O. The minimum Gasteiger partial charge on any atom is -0.497 e. The Morgan fingerprint density at radius 1 is 1.23 bits per heavy atom. The van der Waals surface area contributed by atoms with Crippen molar-refractivity contribution >= 4 is 10.9 Å². The first kappa shape index (κ1) is 14.3. The summed E-state index contributed by atoms with van der Waals surface area (Å²) in [5.74, 6) is 0.754. The van der Waals surface area contributed by atoms with Crippen LogP contribution in [0.4, 0.5) is 0 Å². The molecule has 0 radical (unpaired) electrons. The van der Waals surface area contributed by atoms with Crippen molar-refractivity contribution < 1.29 is 4.74 Å². The standard InChI is InChI=1S/C17H17N3O2/c1-3-10-20-17(21)16-14(8-5-9-18-16)15(19-20)12-6-4-7-13(11-12)22-2/h4-9,11H,3,10H2,1-2H3. The molecule has 0 aliphatic carbocycles. The number of ether oxygens (including phenoxy) is 1. The maximum atomic E-state index is 12.4. The third-order valence-electron chi connectivity index (χ3n) is 3.50. The van der Waals surface area contributed by atoms with Gasteiger partial charge >= 0.3 is 0 Å². The Morgan fingerprint density at radius 3 is 2.86 bits per heavy atom. The molecule has 0 saturated carbocycles. The van der Waals surface area contributed by atoms with Gasteiger partial charge < -0.3 is 4.74 Å². The van der Waals surface area contributed by atoms with Crippen molar-refractivity contribution in [3.05, 3.63) is 52.9 Å². The average Bonchev–Trinajstić information content (AvgIpc) is 2.57. The Balaban J connectivity index is 2.32. The second-order valence-corrected chi connectivity index (χ2v) is 5.01. The third kappa shape index (κ3) is 2.45. The topological polar surface area (TPSA) is 57.0 Å². The molecule has 0 saturated heterocycles. The molecular formula is C17H17N3O2. The highest BCUT2D eigenvalue weighted by Gasteiger charge is 2.13. The van der Waals surface area contributed by atoms with Gasteiger partial charge in [-0.1, -0.05) is 19.1 Å². The number of nitrogens with zero attached hydrogens (tertiary/aromatic N) is 3. The monoisotopic (exact) mass is 295 g/mol. The van der Waals surface area contributed by atoms with Gasteiger partial charge in [0.15, 0.2) is 0 Å². The summed E-state index contributed by atoms with van der Waals surface area (Å²) in [5, 5.41) is 5.30. The maximum Gasteiger partial charge on any atom is 0.293 e. The third-order valence-corrected chi connectivity index (χ3v) is 3.50. The summed E-state index contributed by atoms with van der Waals surface area (Å²) in [6, 6.07) is 11.4. The summed E-state index contributed by atoms with van der Waals surface area (Å²) in [6.07, 6.45) is 2.47. The van der Waals surface area contributed by atoms with Crippen molar-refractivity contribution in [2.24, 2.45) is 0 Å². The number of rotatable bonds is 4. The predicted octanol–water partition coefficient (Wildman–Crippen LogP) is 2.88. The van der Waals surface area contributed by atoms with Gasteiger partial charge in [-0.3, -0.25) is 9.78 Å². The Labute approximate surface area is 128 Å². The molecule has 0 unspecified atom stereocenters. The van der Waals surface area contributed by atoms with Crippen molar-refractivity contribution in [2.45, 2.75) is 19.9 Å². The molecule has 0 aliphatic rings. The molecule has 3 aromatic rings. The van der Waals surface area contributed by atoms with E-state index in [1.165, 1.54) is 4.68 Å². The first-order chi connectivity index (χ1) is 10.7. The molecule has 0 bridgehead atoms. The predicted molar refractivity (Wildman–Crippen MR) is 86.1 cm³/mol. The molecule has 22 heavy (non-hydrogen) atoms. The fourth-order valence-electron chi connectivity index (χ4n) is 2.46. The maximum absolute atomic E-state index is 12.4. The van der Waals surface area contributed by atoms with Crippen molar-refractivity contribution in [3.8, 4) is 17.0 Å². The lowest BCUT2D eigenvalue weighted by Gasteiger charge is -2.10. The zero-order valence-electron chi connectivity index (χ0n) is 12.6. The smallest absolute Gasteiger partial charge is 0.293 e. The molecule has 0 aliphatic heterocycles.